The number of alkyl halides is 3. The molecule has 1 nitrogen and oxygen atoms in total. The first kappa shape index (κ1) is 14.0. The van der Waals surface area contributed by atoms with Crippen LogP contribution in [0.4, 0.5) is 17.6 Å². The van der Waals surface area contributed by atoms with Crippen molar-refractivity contribution in [2.24, 2.45) is 11.7 Å². The molecule has 0 bridgehead atoms. The Hall–Kier alpha value is -1.10. The highest BCUT2D eigenvalue weighted by atomic mass is 19.4. The number of benzene rings is 1. The van der Waals surface area contributed by atoms with Crippen molar-refractivity contribution in [2.45, 2.75) is 32.5 Å². The Balaban J connectivity index is 3.06. The van der Waals surface area contributed by atoms with Gasteiger partial charge in [0.2, 0.25) is 0 Å². The maximum absolute atomic E-state index is 13.4. The van der Waals surface area contributed by atoms with E-state index in [1.54, 1.807) is 0 Å². The zero-order chi connectivity index (χ0) is 13.2. The number of halogens is 4. The molecule has 5 heteroatoms. The fourth-order valence-electron chi connectivity index (χ4n) is 1.64. The molecule has 0 fully saturated rings. The first-order valence-corrected chi connectivity index (χ1v) is 5.34. The summed E-state index contributed by atoms with van der Waals surface area (Å²) in [5.74, 6) is -0.495. The van der Waals surface area contributed by atoms with Crippen LogP contribution in [0.15, 0.2) is 18.2 Å². The topological polar surface area (TPSA) is 26.0 Å². The van der Waals surface area contributed by atoms with Crippen molar-refractivity contribution in [2.75, 3.05) is 0 Å². The molecular weight excluding hydrogens is 234 g/mol. The van der Waals surface area contributed by atoms with Gasteiger partial charge in [-0.3, -0.25) is 0 Å². The lowest BCUT2D eigenvalue weighted by atomic mass is 9.96. The molecule has 1 unspecified atom stereocenters. The quantitative estimate of drug-likeness (QED) is 0.808. The first-order chi connectivity index (χ1) is 7.71. The van der Waals surface area contributed by atoms with Crippen molar-refractivity contribution >= 4 is 0 Å². The summed E-state index contributed by atoms with van der Waals surface area (Å²) in [7, 11) is 0. The van der Waals surface area contributed by atoms with E-state index in [0.29, 0.717) is 6.42 Å². The molecule has 0 saturated carbocycles. The van der Waals surface area contributed by atoms with Crippen LogP contribution in [0.25, 0.3) is 0 Å². The van der Waals surface area contributed by atoms with Crippen LogP contribution in [0.2, 0.25) is 0 Å². The number of hydrogen-bond donors (Lipinski definition) is 1. The third-order valence-corrected chi connectivity index (χ3v) is 2.45. The SMILES string of the molecule is CC(C)CC(N)c1cc(C(F)(F)F)ccc1F. The van der Waals surface area contributed by atoms with E-state index >= 15 is 0 Å². The van der Waals surface area contributed by atoms with E-state index < -0.39 is 23.6 Å². The molecule has 1 rings (SSSR count). The Kier molecular flexibility index (Phi) is 4.14. The minimum atomic E-state index is -4.47. The lowest BCUT2D eigenvalue weighted by Crippen LogP contribution is -2.16. The Morgan fingerprint density at radius 2 is 1.82 bits per heavy atom. The standard InChI is InChI=1S/C12H15F4N/c1-7(2)5-11(17)9-6-8(12(14,15)16)3-4-10(9)13/h3-4,6-7,11H,5,17H2,1-2H3. The van der Waals surface area contributed by atoms with Crippen molar-refractivity contribution in [3.8, 4) is 0 Å². The van der Waals surface area contributed by atoms with E-state index in [0.717, 1.165) is 18.2 Å². The van der Waals surface area contributed by atoms with E-state index in [1.165, 1.54) is 0 Å². The van der Waals surface area contributed by atoms with Crippen molar-refractivity contribution < 1.29 is 17.6 Å². The van der Waals surface area contributed by atoms with Gasteiger partial charge in [-0.2, -0.15) is 13.2 Å². The van der Waals surface area contributed by atoms with Gasteiger partial charge in [0.15, 0.2) is 0 Å². The third kappa shape index (κ3) is 3.70. The summed E-state index contributed by atoms with van der Waals surface area (Å²) in [5, 5.41) is 0. The molecule has 0 heterocycles. The molecule has 0 aromatic heterocycles. The molecule has 0 aliphatic heterocycles. The molecule has 17 heavy (non-hydrogen) atoms. The molecule has 0 spiro atoms. The Morgan fingerprint density at radius 3 is 2.29 bits per heavy atom. The van der Waals surface area contributed by atoms with Gasteiger partial charge in [0.1, 0.15) is 5.82 Å². The third-order valence-electron chi connectivity index (χ3n) is 2.45. The summed E-state index contributed by atoms with van der Waals surface area (Å²) in [6.07, 6.45) is -4.03. The van der Waals surface area contributed by atoms with Crippen LogP contribution in [0.3, 0.4) is 0 Å². The average Bonchev–Trinajstić information content (AvgIpc) is 2.15. The molecule has 0 aliphatic rings. The summed E-state index contributed by atoms with van der Waals surface area (Å²) < 4.78 is 50.8. The second-order valence-corrected chi connectivity index (χ2v) is 4.47. The van der Waals surface area contributed by atoms with Crippen molar-refractivity contribution in [3.05, 3.63) is 35.1 Å². The molecule has 1 aromatic rings. The summed E-state index contributed by atoms with van der Waals surface area (Å²) in [6, 6.07) is 1.62. The largest absolute Gasteiger partial charge is 0.416 e. The molecule has 0 aliphatic carbocycles. The summed E-state index contributed by atoms with van der Waals surface area (Å²) in [6.45, 7) is 3.76. The molecule has 96 valence electrons. The number of hydrogen-bond acceptors (Lipinski definition) is 1. The predicted octanol–water partition coefficient (Wildman–Crippen LogP) is 3.89. The lowest BCUT2D eigenvalue weighted by molar-refractivity contribution is -0.137. The summed E-state index contributed by atoms with van der Waals surface area (Å²) in [5.41, 5.74) is 4.76. The number of rotatable bonds is 3. The molecule has 1 aromatic carbocycles. The van der Waals surface area contributed by atoms with Crippen LogP contribution in [-0.4, -0.2) is 0 Å². The van der Waals surface area contributed by atoms with E-state index in [4.69, 9.17) is 5.73 Å². The minimum absolute atomic E-state index is 0.0754. The molecular formula is C12H15F4N. The summed E-state index contributed by atoms with van der Waals surface area (Å²) in [4.78, 5) is 0. The van der Waals surface area contributed by atoms with Gasteiger partial charge in [0, 0.05) is 11.6 Å². The molecule has 2 N–H and O–H groups in total. The van der Waals surface area contributed by atoms with Crippen LogP contribution in [-0.2, 0) is 6.18 Å². The molecule has 1 atom stereocenters. The van der Waals surface area contributed by atoms with Gasteiger partial charge >= 0.3 is 6.18 Å². The highest BCUT2D eigenvalue weighted by Crippen LogP contribution is 2.32. The maximum Gasteiger partial charge on any atom is 0.416 e. The second-order valence-electron chi connectivity index (χ2n) is 4.47. The van der Waals surface area contributed by atoms with Crippen molar-refractivity contribution in [1.82, 2.24) is 0 Å². The Labute approximate surface area is 97.6 Å². The monoisotopic (exact) mass is 249 g/mol. The van der Waals surface area contributed by atoms with Crippen LogP contribution in [0, 0.1) is 11.7 Å². The Bertz CT molecular complexity index is 385. The number of nitrogens with two attached hydrogens (primary N) is 1. The van der Waals surface area contributed by atoms with E-state index in [1.807, 2.05) is 13.8 Å². The highest BCUT2D eigenvalue weighted by Gasteiger charge is 2.31. The minimum Gasteiger partial charge on any atom is -0.324 e. The zero-order valence-electron chi connectivity index (χ0n) is 9.68. The van der Waals surface area contributed by atoms with E-state index in [2.05, 4.69) is 0 Å². The van der Waals surface area contributed by atoms with E-state index in [-0.39, 0.29) is 11.5 Å². The normalized spacial score (nSPS) is 14.1. The van der Waals surface area contributed by atoms with Gasteiger partial charge in [-0.25, -0.2) is 4.39 Å². The van der Waals surface area contributed by atoms with Crippen LogP contribution >= 0.6 is 0 Å². The van der Waals surface area contributed by atoms with Gasteiger partial charge in [-0.15, -0.1) is 0 Å². The first-order valence-electron chi connectivity index (χ1n) is 5.34. The fourth-order valence-corrected chi connectivity index (χ4v) is 1.64. The smallest absolute Gasteiger partial charge is 0.324 e. The maximum atomic E-state index is 13.4. The molecule has 0 amide bonds. The molecule has 0 saturated heterocycles. The van der Waals surface area contributed by atoms with Crippen molar-refractivity contribution in [3.63, 3.8) is 0 Å². The van der Waals surface area contributed by atoms with Crippen LogP contribution in [0.1, 0.15) is 37.4 Å². The van der Waals surface area contributed by atoms with Gasteiger partial charge < -0.3 is 5.73 Å². The van der Waals surface area contributed by atoms with Gasteiger partial charge in [0.05, 0.1) is 5.56 Å². The van der Waals surface area contributed by atoms with Crippen LogP contribution in [0.5, 0.6) is 0 Å². The highest BCUT2D eigenvalue weighted by molar-refractivity contribution is 5.29. The fraction of sp³-hybridized carbons (Fsp3) is 0.500. The van der Waals surface area contributed by atoms with Crippen LogP contribution < -0.4 is 5.73 Å². The average molecular weight is 249 g/mol. The van der Waals surface area contributed by atoms with Gasteiger partial charge in [0.25, 0.3) is 0 Å². The zero-order valence-corrected chi connectivity index (χ0v) is 9.68. The van der Waals surface area contributed by atoms with E-state index in [9.17, 15) is 17.6 Å². The predicted molar refractivity (Wildman–Crippen MR) is 57.8 cm³/mol. The second kappa shape index (κ2) is 5.04. The van der Waals surface area contributed by atoms with Gasteiger partial charge in [-0.1, -0.05) is 13.8 Å². The van der Waals surface area contributed by atoms with Crippen molar-refractivity contribution in [1.29, 1.82) is 0 Å². The Morgan fingerprint density at radius 1 is 1.24 bits per heavy atom. The lowest BCUT2D eigenvalue weighted by Gasteiger charge is -2.17. The van der Waals surface area contributed by atoms with Gasteiger partial charge in [-0.05, 0) is 30.5 Å². The molecule has 0 radical (unpaired) electrons. The summed E-state index contributed by atoms with van der Waals surface area (Å²) >= 11 is 0.